The van der Waals surface area contributed by atoms with Crippen molar-refractivity contribution in [2.75, 3.05) is 18.1 Å². The third-order valence-electron chi connectivity index (χ3n) is 2.94. The Labute approximate surface area is 114 Å². The summed E-state index contributed by atoms with van der Waals surface area (Å²) in [5.74, 6) is 2.97. The second-order valence-electron chi connectivity index (χ2n) is 4.55. The van der Waals surface area contributed by atoms with Gasteiger partial charge < -0.3 is 10.1 Å². The third kappa shape index (κ3) is 5.32. The van der Waals surface area contributed by atoms with Gasteiger partial charge in [0.05, 0.1) is 0 Å². The lowest BCUT2D eigenvalue weighted by Gasteiger charge is -2.11. The molecule has 106 valence electrons. The van der Waals surface area contributed by atoms with Gasteiger partial charge >= 0.3 is 6.36 Å². The minimum Gasteiger partial charge on any atom is -0.406 e. The Morgan fingerprint density at radius 2 is 2.00 bits per heavy atom. The molecule has 1 unspecified atom stereocenters. The average molecular weight is 291 g/mol. The average Bonchev–Trinajstić information content (AvgIpc) is 2.82. The summed E-state index contributed by atoms with van der Waals surface area (Å²) in [4.78, 5) is 0. The van der Waals surface area contributed by atoms with Gasteiger partial charge in [0.25, 0.3) is 0 Å². The summed E-state index contributed by atoms with van der Waals surface area (Å²) in [5.41, 5.74) is 0.958. The van der Waals surface area contributed by atoms with Crippen molar-refractivity contribution in [1.82, 2.24) is 5.32 Å². The SMILES string of the molecule is FC(F)(F)Oc1ccc(CNCC2CCSC2)cc1. The normalized spacial score (nSPS) is 19.6. The van der Waals surface area contributed by atoms with Crippen molar-refractivity contribution < 1.29 is 17.9 Å². The fourth-order valence-electron chi connectivity index (χ4n) is 1.97. The highest BCUT2D eigenvalue weighted by molar-refractivity contribution is 7.99. The molecule has 0 bridgehead atoms. The van der Waals surface area contributed by atoms with Gasteiger partial charge in [-0.2, -0.15) is 11.8 Å². The smallest absolute Gasteiger partial charge is 0.406 e. The maximum Gasteiger partial charge on any atom is 0.573 e. The van der Waals surface area contributed by atoms with Gasteiger partial charge in [-0.3, -0.25) is 0 Å². The van der Waals surface area contributed by atoms with E-state index < -0.39 is 6.36 Å². The molecule has 0 amide bonds. The van der Waals surface area contributed by atoms with Crippen LogP contribution in [0.5, 0.6) is 5.75 Å². The van der Waals surface area contributed by atoms with Gasteiger partial charge in [-0.1, -0.05) is 12.1 Å². The fraction of sp³-hybridized carbons (Fsp3) is 0.538. The second kappa shape index (κ2) is 6.52. The maximum absolute atomic E-state index is 12.0. The van der Waals surface area contributed by atoms with Crippen LogP contribution in [0.15, 0.2) is 24.3 Å². The van der Waals surface area contributed by atoms with Crippen LogP contribution in [0.4, 0.5) is 13.2 Å². The molecule has 6 heteroatoms. The number of benzene rings is 1. The molecule has 2 nitrogen and oxygen atoms in total. The lowest BCUT2D eigenvalue weighted by atomic mass is 10.1. The molecule has 0 aliphatic carbocycles. The lowest BCUT2D eigenvalue weighted by molar-refractivity contribution is -0.274. The minimum absolute atomic E-state index is 0.177. The van der Waals surface area contributed by atoms with E-state index in [0.29, 0.717) is 6.54 Å². The van der Waals surface area contributed by atoms with Crippen molar-refractivity contribution in [3.8, 4) is 5.75 Å². The van der Waals surface area contributed by atoms with E-state index in [4.69, 9.17) is 0 Å². The zero-order chi connectivity index (χ0) is 13.7. The zero-order valence-electron chi connectivity index (χ0n) is 10.4. The molecule has 1 aromatic rings. The van der Waals surface area contributed by atoms with Crippen LogP contribution in [0.1, 0.15) is 12.0 Å². The standard InChI is InChI=1S/C13H16F3NOS/c14-13(15,16)18-12-3-1-10(2-4-12)7-17-8-11-5-6-19-9-11/h1-4,11,17H,5-9H2. The summed E-state index contributed by atoms with van der Waals surface area (Å²) in [7, 11) is 0. The Bertz CT molecular complexity index is 388. The second-order valence-corrected chi connectivity index (χ2v) is 5.70. The van der Waals surface area contributed by atoms with Crippen LogP contribution in [-0.4, -0.2) is 24.4 Å². The molecule has 0 radical (unpaired) electrons. The number of thioether (sulfide) groups is 1. The van der Waals surface area contributed by atoms with Gasteiger partial charge in [0.1, 0.15) is 5.75 Å². The first kappa shape index (κ1) is 14.5. The van der Waals surface area contributed by atoms with E-state index in [2.05, 4.69) is 10.1 Å². The molecule has 1 fully saturated rings. The summed E-state index contributed by atoms with van der Waals surface area (Å²) in [6.07, 6.45) is -3.38. The van der Waals surface area contributed by atoms with Gasteiger partial charge in [0.15, 0.2) is 0 Å². The molecule has 1 N–H and O–H groups in total. The number of rotatable bonds is 5. The number of hydrogen-bond acceptors (Lipinski definition) is 3. The molecule has 1 saturated heterocycles. The molecule has 1 aromatic carbocycles. The van der Waals surface area contributed by atoms with Crippen LogP contribution in [0.25, 0.3) is 0 Å². The molecule has 1 aliphatic rings. The Morgan fingerprint density at radius 3 is 2.58 bits per heavy atom. The van der Waals surface area contributed by atoms with Gasteiger partial charge in [-0.05, 0) is 48.1 Å². The highest BCUT2D eigenvalue weighted by atomic mass is 32.2. The van der Waals surface area contributed by atoms with E-state index in [1.807, 2.05) is 11.8 Å². The van der Waals surface area contributed by atoms with Crippen molar-refractivity contribution >= 4 is 11.8 Å². The molecular weight excluding hydrogens is 275 g/mol. The highest BCUT2D eigenvalue weighted by Gasteiger charge is 2.30. The van der Waals surface area contributed by atoms with Crippen molar-refractivity contribution in [3.05, 3.63) is 29.8 Å². The highest BCUT2D eigenvalue weighted by Crippen LogP contribution is 2.23. The van der Waals surface area contributed by atoms with E-state index >= 15 is 0 Å². The first-order valence-electron chi connectivity index (χ1n) is 6.16. The molecule has 0 saturated carbocycles. The van der Waals surface area contributed by atoms with Gasteiger partial charge in [-0.25, -0.2) is 0 Å². The third-order valence-corrected chi connectivity index (χ3v) is 4.17. The number of nitrogens with one attached hydrogen (secondary N) is 1. The van der Waals surface area contributed by atoms with E-state index in [1.54, 1.807) is 12.1 Å². The quantitative estimate of drug-likeness (QED) is 0.898. The predicted molar refractivity (Wildman–Crippen MR) is 70.3 cm³/mol. The van der Waals surface area contributed by atoms with Gasteiger partial charge in [0.2, 0.25) is 0 Å². The van der Waals surface area contributed by atoms with E-state index in [0.717, 1.165) is 18.0 Å². The van der Waals surface area contributed by atoms with Crippen molar-refractivity contribution in [1.29, 1.82) is 0 Å². The topological polar surface area (TPSA) is 21.3 Å². The molecule has 0 spiro atoms. The monoisotopic (exact) mass is 291 g/mol. The first-order valence-corrected chi connectivity index (χ1v) is 7.31. The Morgan fingerprint density at radius 1 is 1.26 bits per heavy atom. The maximum atomic E-state index is 12.0. The molecule has 1 aliphatic heterocycles. The lowest BCUT2D eigenvalue weighted by Crippen LogP contribution is -2.22. The molecule has 19 heavy (non-hydrogen) atoms. The minimum atomic E-state index is -4.63. The Kier molecular flexibility index (Phi) is 4.99. The van der Waals surface area contributed by atoms with Crippen LogP contribution in [0, 0.1) is 5.92 Å². The summed E-state index contributed by atoms with van der Waals surface area (Å²) >= 11 is 1.97. The molecule has 2 rings (SSSR count). The van der Waals surface area contributed by atoms with Crippen LogP contribution >= 0.6 is 11.8 Å². The molecular formula is C13H16F3NOS. The molecule has 1 atom stereocenters. The number of ether oxygens (including phenoxy) is 1. The van der Waals surface area contributed by atoms with E-state index in [-0.39, 0.29) is 5.75 Å². The summed E-state index contributed by atoms with van der Waals surface area (Å²) < 4.78 is 39.8. The molecule has 0 aromatic heterocycles. The summed E-state index contributed by atoms with van der Waals surface area (Å²) in [6, 6.07) is 5.99. The Hall–Kier alpha value is -0.880. The summed E-state index contributed by atoms with van der Waals surface area (Å²) in [6.45, 7) is 1.64. The number of alkyl halides is 3. The van der Waals surface area contributed by atoms with Crippen LogP contribution in [0.3, 0.4) is 0 Å². The van der Waals surface area contributed by atoms with Gasteiger partial charge in [-0.15, -0.1) is 13.2 Å². The number of hydrogen-bond donors (Lipinski definition) is 1. The Balaban J connectivity index is 1.75. The van der Waals surface area contributed by atoms with E-state index in [1.165, 1.54) is 30.1 Å². The van der Waals surface area contributed by atoms with Crippen LogP contribution < -0.4 is 10.1 Å². The zero-order valence-corrected chi connectivity index (χ0v) is 11.2. The fourth-order valence-corrected chi connectivity index (χ4v) is 3.26. The van der Waals surface area contributed by atoms with Crippen LogP contribution in [-0.2, 0) is 6.54 Å². The van der Waals surface area contributed by atoms with Crippen molar-refractivity contribution in [3.63, 3.8) is 0 Å². The number of halogens is 3. The van der Waals surface area contributed by atoms with Crippen molar-refractivity contribution in [2.24, 2.45) is 5.92 Å². The largest absolute Gasteiger partial charge is 0.573 e. The first-order chi connectivity index (χ1) is 9.03. The van der Waals surface area contributed by atoms with Gasteiger partial charge in [0, 0.05) is 6.54 Å². The van der Waals surface area contributed by atoms with E-state index in [9.17, 15) is 13.2 Å². The van der Waals surface area contributed by atoms with Crippen molar-refractivity contribution in [2.45, 2.75) is 19.3 Å². The predicted octanol–water partition coefficient (Wildman–Crippen LogP) is 3.43. The van der Waals surface area contributed by atoms with Crippen LogP contribution in [0.2, 0.25) is 0 Å². The molecule has 1 heterocycles. The summed E-state index contributed by atoms with van der Waals surface area (Å²) in [5, 5.41) is 3.33.